The van der Waals surface area contributed by atoms with Gasteiger partial charge in [-0.2, -0.15) is 0 Å². The normalized spacial score (nSPS) is 11.6. The van der Waals surface area contributed by atoms with E-state index >= 15 is 0 Å². The Morgan fingerprint density at radius 3 is 2.27 bits per heavy atom. The summed E-state index contributed by atoms with van der Waals surface area (Å²) in [4.78, 5) is 26.1. The van der Waals surface area contributed by atoms with Crippen LogP contribution in [0.25, 0.3) is 0 Å². The largest absolute Gasteiger partial charge is 0.325 e. The highest BCUT2D eigenvalue weighted by atomic mass is 35.5. The summed E-state index contributed by atoms with van der Waals surface area (Å²) >= 11 is 7.45. The first kappa shape index (κ1) is 21.9. The summed E-state index contributed by atoms with van der Waals surface area (Å²) in [6, 6.07) is 22.0. The third-order valence-electron chi connectivity index (χ3n) is 4.44. The van der Waals surface area contributed by atoms with Crippen LogP contribution < -0.4 is 10.6 Å². The molecule has 154 valence electrons. The fourth-order valence-corrected chi connectivity index (χ4v) is 4.03. The summed E-state index contributed by atoms with van der Waals surface area (Å²) in [5.74, 6) is -0.248. The quantitative estimate of drug-likeness (QED) is 0.419. The number of carbonyl (C=O) groups excluding carboxylic acids is 2. The van der Waals surface area contributed by atoms with Crippen LogP contribution in [-0.2, 0) is 4.79 Å². The lowest BCUT2D eigenvalue weighted by Gasteiger charge is -2.15. The molecule has 2 N–H and O–H groups in total. The lowest BCUT2D eigenvalue weighted by molar-refractivity contribution is -0.115. The molecule has 0 aliphatic heterocycles. The van der Waals surface area contributed by atoms with E-state index in [2.05, 4.69) is 10.6 Å². The van der Waals surface area contributed by atoms with E-state index in [1.807, 2.05) is 56.3 Å². The maximum atomic E-state index is 12.7. The third kappa shape index (κ3) is 6.12. The minimum atomic E-state index is -0.271. The number of carbonyl (C=O) groups is 2. The first-order chi connectivity index (χ1) is 14.4. The molecule has 0 aromatic heterocycles. The Hall–Kier alpha value is -2.76. The van der Waals surface area contributed by atoms with Crippen molar-refractivity contribution in [2.45, 2.75) is 30.4 Å². The van der Waals surface area contributed by atoms with Crippen LogP contribution in [0.15, 0.2) is 77.7 Å². The van der Waals surface area contributed by atoms with E-state index in [0.29, 0.717) is 28.4 Å². The van der Waals surface area contributed by atoms with E-state index < -0.39 is 0 Å². The van der Waals surface area contributed by atoms with Crippen LogP contribution in [0.2, 0.25) is 5.02 Å². The summed E-state index contributed by atoms with van der Waals surface area (Å²) in [7, 11) is 0. The highest BCUT2D eigenvalue weighted by Gasteiger charge is 2.18. The number of aryl methyl sites for hydroxylation is 1. The molecular formula is C24H23ClN2O2S. The van der Waals surface area contributed by atoms with Gasteiger partial charge in [-0.05, 0) is 61.9 Å². The number of hydrogen-bond acceptors (Lipinski definition) is 3. The van der Waals surface area contributed by atoms with Crippen LogP contribution >= 0.6 is 23.4 Å². The van der Waals surface area contributed by atoms with Gasteiger partial charge in [0.25, 0.3) is 5.91 Å². The van der Waals surface area contributed by atoms with Crippen LogP contribution in [0.5, 0.6) is 0 Å². The van der Waals surface area contributed by atoms with E-state index in [0.717, 1.165) is 10.5 Å². The van der Waals surface area contributed by atoms with Crippen molar-refractivity contribution in [3.63, 3.8) is 0 Å². The molecule has 3 rings (SSSR count). The van der Waals surface area contributed by atoms with Crippen LogP contribution in [-0.4, -0.2) is 17.1 Å². The summed E-state index contributed by atoms with van der Waals surface area (Å²) in [6.45, 7) is 3.95. The van der Waals surface area contributed by atoms with Gasteiger partial charge >= 0.3 is 0 Å². The summed E-state index contributed by atoms with van der Waals surface area (Å²) in [5, 5.41) is 6.13. The molecule has 6 heteroatoms. The standard InChI is InChI=1S/C24H23ClN2O2S/c1-3-22(24(29)27-19-7-4-6-18(25)14-19)30-21-9-5-8-20(15-21)26-23(28)17-12-10-16(2)11-13-17/h4-15,22H,3H2,1-2H3,(H,26,28)(H,27,29). The number of amides is 2. The minimum absolute atomic E-state index is 0.0844. The summed E-state index contributed by atoms with van der Waals surface area (Å²) in [5.41, 5.74) is 3.07. The molecular weight excluding hydrogens is 416 g/mol. The van der Waals surface area contributed by atoms with Gasteiger partial charge in [-0.25, -0.2) is 0 Å². The van der Waals surface area contributed by atoms with Gasteiger partial charge in [0.15, 0.2) is 0 Å². The number of rotatable bonds is 7. The molecule has 3 aromatic carbocycles. The van der Waals surface area contributed by atoms with Crippen molar-refractivity contribution in [1.29, 1.82) is 0 Å². The predicted molar refractivity (Wildman–Crippen MR) is 126 cm³/mol. The summed E-state index contributed by atoms with van der Waals surface area (Å²) in [6.07, 6.45) is 0.664. The zero-order valence-electron chi connectivity index (χ0n) is 16.8. The molecule has 3 aromatic rings. The second-order valence-corrected chi connectivity index (χ2v) is 8.57. The number of benzene rings is 3. The fourth-order valence-electron chi connectivity index (χ4n) is 2.83. The first-order valence-electron chi connectivity index (χ1n) is 9.66. The lowest BCUT2D eigenvalue weighted by Crippen LogP contribution is -2.24. The maximum absolute atomic E-state index is 12.7. The van der Waals surface area contributed by atoms with Gasteiger partial charge in [-0.15, -0.1) is 11.8 Å². The molecule has 0 aliphatic rings. The Morgan fingerprint density at radius 1 is 0.933 bits per heavy atom. The zero-order valence-corrected chi connectivity index (χ0v) is 18.4. The van der Waals surface area contributed by atoms with Gasteiger partial charge in [0.1, 0.15) is 0 Å². The Morgan fingerprint density at radius 2 is 1.60 bits per heavy atom. The number of halogens is 1. The SMILES string of the molecule is CCC(Sc1cccc(NC(=O)c2ccc(C)cc2)c1)C(=O)Nc1cccc(Cl)c1. The number of nitrogens with one attached hydrogen (secondary N) is 2. The van der Waals surface area contributed by atoms with Crippen molar-refractivity contribution in [2.75, 3.05) is 10.6 Å². The molecule has 2 amide bonds. The number of anilines is 2. The van der Waals surface area contributed by atoms with Crippen LogP contribution in [0.3, 0.4) is 0 Å². The maximum Gasteiger partial charge on any atom is 0.255 e. The average Bonchev–Trinajstić information content (AvgIpc) is 2.72. The second-order valence-electron chi connectivity index (χ2n) is 6.86. The van der Waals surface area contributed by atoms with Crippen molar-refractivity contribution in [1.82, 2.24) is 0 Å². The van der Waals surface area contributed by atoms with Crippen molar-refractivity contribution in [3.8, 4) is 0 Å². The molecule has 1 unspecified atom stereocenters. The molecule has 1 atom stereocenters. The van der Waals surface area contributed by atoms with Crippen molar-refractivity contribution in [2.24, 2.45) is 0 Å². The van der Waals surface area contributed by atoms with E-state index in [1.165, 1.54) is 11.8 Å². The Balaban J connectivity index is 1.66. The molecule has 0 bridgehead atoms. The van der Waals surface area contributed by atoms with Crippen LogP contribution in [0.1, 0.15) is 29.3 Å². The van der Waals surface area contributed by atoms with Crippen LogP contribution in [0.4, 0.5) is 11.4 Å². The van der Waals surface area contributed by atoms with E-state index in [4.69, 9.17) is 11.6 Å². The van der Waals surface area contributed by atoms with Gasteiger partial charge in [0.2, 0.25) is 5.91 Å². The van der Waals surface area contributed by atoms with Crippen molar-refractivity contribution < 1.29 is 9.59 Å². The van der Waals surface area contributed by atoms with Gasteiger partial charge in [0.05, 0.1) is 5.25 Å². The molecule has 0 fully saturated rings. The van der Waals surface area contributed by atoms with Gasteiger partial charge in [-0.3, -0.25) is 9.59 Å². The molecule has 30 heavy (non-hydrogen) atoms. The molecule has 0 saturated heterocycles. The lowest BCUT2D eigenvalue weighted by atomic mass is 10.1. The van der Waals surface area contributed by atoms with E-state index in [1.54, 1.807) is 30.3 Å². The molecule has 0 saturated carbocycles. The third-order valence-corrected chi connectivity index (χ3v) is 6.03. The Labute approximate surface area is 186 Å². The van der Waals surface area contributed by atoms with Gasteiger partial charge in [0, 0.05) is 26.9 Å². The Bertz CT molecular complexity index is 1040. The Kier molecular flexibility index (Phi) is 7.55. The van der Waals surface area contributed by atoms with Crippen LogP contribution in [0, 0.1) is 6.92 Å². The van der Waals surface area contributed by atoms with E-state index in [9.17, 15) is 9.59 Å². The first-order valence-corrected chi connectivity index (χ1v) is 10.9. The topological polar surface area (TPSA) is 58.2 Å². The van der Waals surface area contributed by atoms with E-state index in [-0.39, 0.29) is 17.1 Å². The predicted octanol–water partition coefficient (Wildman–Crippen LogP) is 6.41. The minimum Gasteiger partial charge on any atom is -0.325 e. The second kappa shape index (κ2) is 10.3. The zero-order chi connectivity index (χ0) is 21.5. The van der Waals surface area contributed by atoms with Gasteiger partial charge in [-0.1, -0.05) is 48.4 Å². The van der Waals surface area contributed by atoms with Crippen molar-refractivity contribution >= 4 is 46.6 Å². The summed E-state index contributed by atoms with van der Waals surface area (Å²) < 4.78 is 0. The molecule has 4 nitrogen and oxygen atoms in total. The molecule has 0 radical (unpaired) electrons. The number of thioether (sulfide) groups is 1. The van der Waals surface area contributed by atoms with Crippen molar-refractivity contribution in [3.05, 3.63) is 88.9 Å². The molecule has 0 aliphatic carbocycles. The average molecular weight is 439 g/mol. The molecule has 0 heterocycles. The highest BCUT2D eigenvalue weighted by Crippen LogP contribution is 2.29. The van der Waals surface area contributed by atoms with Gasteiger partial charge < -0.3 is 10.6 Å². The highest BCUT2D eigenvalue weighted by molar-refractivity contribution is 8.00. The number of hydrogen-bond donors (Lipinski definition) is 2. The fraction of sp³-hybridized carbons (Fsp3) is 0.167. The monoisotopic (exact) mass is 438 g/mol. The smallest absolute Gasteiger partial charge is 0.255 e. The molecule has 0 spiro atoms.